The average Bonchev–Trinajstić information content (AvgIpc) is 2.37. The third-order valence-corrected chi connectivity index (χ3v) is 3.55. The third kappa shape index (κ3) is 4.28. The van der Waals surface area contributed by atoms with Gasteiger partial charge in [-0.25, -0.2) is 13.4 Å². The minimum absolute atomic E-state index is 0.0966. The fourth-order valence-corrected chi connectivity index (χ4v) is 2.49. The number of esters is 1. The zero-order valence-corrected chi connectivity index (χ0v) is 11.1. The fourth-order valence-electron chi connectivity index (χ4n) is 1.29. The van der Waals surface area contributed by atoms with Gasteiger partial charge in [0.15, 0.2) is 15.6 Å². The van der Waals surface area contributed by atoms with Gasteiger partial charge >= 0.3 is 5.97 Å². The van der Waals surface area contributed by atoms with Crippen molar-refractivity contribution in [2.45, 2.75) is 5.75 Å². The summed E-state index contributed by atoms with van der Waals surface area (Å²) in [5.74, 6) is -2.20. The second kappa shape index (κ2) is 6.23. The first-order chi connectivity index (χ1) is 8.91. The summed E-state index contributed by atoms with van der Waals surface area (Å²) in [4.78, 5) is 25.2. The number of nitroso groups, excluding NO2 is 1. The second-order valence-electron chi connectivity index (χ2n) is 3.53. The van der Waals surface area contributed by atoms with Crippen molar-refractivity contribution < 1.29 is 22.7 Å². The number of ether oxygens (including phenoxy) is 2. The molecule has 1 aromatic rings. The van der Waals surface area contributed by atoms with Crippen LogP contribution >= 0.6 is 0 Å². The van der Waals surface area contributed by atoms with Crippen LogP contribution in [0.15, 0.2) is 17.3 Å². The molecule has 0 aliphatic rings. The summed E-state index contributed by atoms with van der Waals surface area (Å²) in [7, 11) is -1.28. The predicted molar refractivity (Wildman–Crippen MR) is 65.8 cm³/mol. The van der Waals surface area contributed by atoms with Crippen LogP contribution in [0.1, 0.15) is 5.69 Å². The van der Waals surface area contributed by atoms with Crippen molar-refractivity contribution in [3.63, 3.8) is 0 Å². The Bertz CT molecular complexity index is 584. The number of hydrogen-bond donors (Lipinski definition) is 0. The van der Waals surface area contributed by atoms with Crippen molar-refractivity contribution in [2.75, 3.05) is 20.0 Å². The van der Waals surface area contributed by atoms with Gasteiger partial charge < -0.3 is 9.47 Å². The van der Waals surface area contributed by atoms with Crippen LogP contribution in [0, 0.1) is 4.91 Å². The summed E-state index contributed by atoms with van der Waals surface area (Å²) in [5, 5.41) is 2.64. The third-order valence-electron chi connectivity index (χ3n) is 2.14. The number of nitrogens with zero attached hydrogens (tertiary/aromatic N) is 2. The lowest BCUT2D eigenvalue weighted by atomic mass is 10.3. The molecule has 0 saturated carbocycles. The van der Waals surface area contributed by atoms with Gasteiger partial charge in [-0.15, -0.1) is 4.91 Å². The minimum atomic E-state index is -3.71. The molecule has 9 heteroatoms. The van der Waals surface area contributed by atoms with Gasteiger partial charge in [-0.1, -0.05) is 0 Å². The smallest absolute Gasteiger partial charge is 0.320 e. The average molecular weight is 288 g/mol. The maximum Gasteiger partial charge on any atom is 0.320 e. The highest BCUT2D eigenvalue weighted by molar-refractivity contribution is 7.91. The Labute approximate surface area is 109 Å². The molecule has 0 bridgehead atoms. The van der Waals surface area contributed by atoms with Gasteiger partial charge in [0, 0.05) is 0 Å². The lowest BCUT2D eigenvalue weighted by molar-refractivity contribution is -0.137. The number of sulfone groups is 1. The Balaban J connectivity index is 2.94. The first-order valence-electron chi connectivity index (χ1n) is 5.06. The fraction of sp³-hybridized carbons (Fsp3) is 0.400. The van der Waals surface area contributed by atoms with E-state index in [0.29, 0.717) is 0 Å². The van der Waals surface area contributed by atoms with E-state index in [9.17, 15) is 18.1 Å². The van der Waals surface area contributed by atoms with Gasteiger partial charge in [0.1, 0.15) is 5.75 Å². The van der Waals surface area contributed by atoms with Crippen LogP contribution in [0.2, 0.25) is 0 Å². The number of pyridine rings is 1. The summed E-state index contributed by atoms with van der Waals surface area (Å²) in [6.07, 6.45) is 0. The molecule has 0 aliphatic heterocycles. The van der Waals surface area contributed by atoms with E-state index in [1.165, 1.54) is 19.2 Å². The first kappa shape index (κ1) is 15.0. The van der Waals surface area contributed by atoms with Gasteiger partial charge in [0.05, 0.1) is 25.7 Å². The Morgan fingerprint density at radius 1 is 1.37 bits per heavy atom. The second-order valence-corrected chi connectivity index (χ2v) is 5.59. The summed E-state index contributed by atoms with van der Waals surface area (Å²) in [6.45, 7) is 0. The molecule has 0 spiro atoms. The van der Waals surface area contributed by atoms with Crippen LogP contribution in [0.25, 0.3) is 0 Å². The molecule has 0 atom stereocenters. The highest BCUT2D eigenvalue weighted by Gasteiger charge is 2.19. The van der Waals surface area contributed by atoms with Gasteiger partial charge in [-0.05, 0) is 17.3 Å². The van der Waals surface area contributed by atoms with Crippen LogP contribution in [0.5, 0.6) is 5.75 Å². The van der Waals surface area contributed by atoms with E-state index in [2.05, 4.69) is 14.9 Å². The molecule has 0 unspecified atom stereocenters. The lowest BCUT2D eigenvalue weighted by Crippen LogP contribution is -2.19. The standard InChI is InChI=1S/C10H12N2O6S/c1-17-8-4-3-7(11-10(8)12-14)5-19(15,16)6-9(13)18-2/h3-4H,5-6H2,1-2H3. The first-order valence-corrected chi connectivity index (χ1v) is 6.88. The van der Waals surface area contributed by atoms with E-state index < -0.39 is 27.3 Å². The Morgan fingerprint density at radius 2 is 2.05 bits per heavy atom. The maximum atomic E-state index is 11.6. The topological polar surface area (TPSA) is 112 Å². The number of methoxy groups -OCH3 is 2. The molecule has 0 saturated heterocycles. The van der Waals surface area contributed by atoms with Crippen LogP contribution in [0.3, 0.4) is 0 Å². The number of carbonyl (C=O) groups excluding carboxylic acids is 1. The molecule has 0 fully saturated rings. The number of carbonyl (C=O) groups is 1. The van der Waals surface area contributed by atoms with E-state index in [-0.39, 0.29) is 17.3 Å². The predicted octanol–water partition coefficient (Wildman–Crippen LogP) is 0.576. The molecule has 8 nitrogen and oxygen atoms in total. The molecule has 19 heavy (non-hydrogen) atoms. The van der Waals surface area contributed by atoms with E-state index >= 15 is 0 Å². The van der Waals surface area contributed by atoms with Crippen molar-refractivity contribution in [2.24, 2.45) is 5.18 Å². The van der Waals surface area contributed by atoms with E-state index in [1.54, 1.807) is 0 Å². The van der Waals surface area contributed by atoms with E-state index in [1.807, 2.05) is 0 Å². The molecule has 0 N–H and O–H groups in total. The summed E-state index contributed by atoms with van der Waals surface area (Å²) in [5.41, 5.74) is 0.0966. The summed E-state index contributed by atoms with van der Waals surface area (Å²) < 4.78 is 32.4. The Hall–Kier alpha value is -2.03. The van der Waals surface area contributed by atoms with Crippen LogP contribution in [-0.4, -0.2) is 39.3 Å². The van der Waals surface area contributed by atoms with Gasteiger partial charge in [0.2, 0.25) is 5.82 Å². The quantitative estimate of drug-likeness (QED) is 0.555. The highest BCUT2D eigenvalue weighted by Crippen LogP contribution is 2.25. The van der Waals surface area contributed by atoms with Crippen molar-refractivity contribution in [3.05, 3.63) is 22.7 Å². The molecule has 0 amide bonds. The summed E-state index contributed by atoms with van der Waals surface area (Å²) in [6, 6.07) is 2.76. The van der Waals surface area contributed by atoms with Crippen LogP contribution in [-0.2, 0) is 25.1 Å². The highest BCUT2D eigenvalue weighted by atomic mass is 32.2. The van der Waals surface area contributed by atoms with E-state index in [4.69, 9.17) is 4.74 Å². The Kier molecular flexibility index (Phi) is 4.93. The van der Waals surface area contributed by atoms with Crippen molar-refractivity contribution in [3.8, 4) is 5.75 Å². The van der Waals surface area contributed by atoms with Crippen LogP contribution in [0.4, 0.5) is 5.82 Å². The van der Waals surface area contributed by atoms with Gasteiger partial charge in [0.25, 0.3) is 0 Å². The van der Waals surface area contributed by atoms with Crippen molar-refractivity contribution in [1.29, 1.82) is 0 Å². The van der Waals surface area contributed by atoms with Crippen LogP contribution < -0.4 is 4.74 Å². The number of aromatic nitrogens is 1. The van der Waals surface area contributed by atoms with Crippen molar-refractivity contribution >= 4 is 21.6 Å². The molecular formula is C10H12N2O6S. The normalized spacial score (nSPS) is 10.8. The van der Waals surface area contributed by atoms with Gasteiger partial charge in [-0.2, -0.15) is 0 Å². The monoisotopic (exact) mass is 288 g/mol. The molecule has 0 radical (unpaired) electrons. The number of rotatable bonds is 6. The molecule has 0 aromatic carbocycles. The molecular weight excluding hydrogens is 276 g/mol. The van der Waals surface area contributed by atoms with Gasteiger partial charge in [-0.3, -0.25) is 4.79 Å². The molecule has 1 heterocycles. The van der Waals surface area contributed by atoms with Crippen molar-refractivity contribution in [1.82, 2.24) is 4.98 Å². The summed E-state index contributed by atoms with van der Waals surface area (Å²) >= 11 is 0. The minimum Gasteiger partial charge on any atom is -0.493 e. The lowest BCUT2D eigenvalue weighted by Gasteiger charge is -2.05. The SMILES string of the molecule is COC(=O)CS(=O)(=O)Cc1ccc(OC)c(N=O)n1. The number of hydrogen-bond acceptors (Lipinski definition) is 8. The van der Waals surface area contributed by atoms with E-state index in [0.717, 1.165) is 7.11 Å². The zero-order chi connectivity index (χ0) is 14.5. The zero-order valence-electron chi connectivity index (χ0n) is 10.3. The molecule has 0 aliphatic carbocycles. The maximum absolute atomic E-state index is 11.6. The molecule has 104 valence electrons. The molecule has 1 aromatic heterocycles. The molecule has 1 rings (SSSR count). The Morgan fingerprint density at radius 3 is 2.58 bits per heavy atom. The largest absolute Gasteiger partial charge is 0.493 e.